The summed E-state index contributed by atoms with van der Waals surface area (Å²) < 4.78 is 0. The maximum Gasteiger partial charge on any atom is 0.337 e. The van der Waals surface area contributed by atoms with Gasteiger partial charge in [-0.2, -0.15) is 0 Å². The maximum atomic E-state index is 11.4. The van der Waals surface area contributed by atoms with E-state index in [0.29, 0.717) is 5.69 Å². The lowest BCUT2D eigenvalue weighted by Crippen LogP contribution is -2.02. The van der Waals surface area contributed by atoms with Crippen LogP contribution in [0.4, 0.5) is 17.1 Å². The van der Waals surface area contributed by atoms with Gasteiger partial charge < -0.3 is 15.7 Å². The van der Waals surface area contributed by atoms with Crippen molar-refractivity contribution in [3.05, 3.63) is 89.5 Å². The van der Waals surface area contributed by atoms with Crippen molar-refractivity contribution in [2.24, 2.45) is 0 Å². The zero-order chi connectivity index (χ0) is 20.5. The van der Waals surface area contributed by atoms with Gasteiger partial charge in [0.25, 0.3) is 0 Å². The summed E-state index contributed by atoms with van der Waals surface area (Å²) in [5.74, 6) is -0.930. The van der Waals surface area contributed by atoms with E-state index in [-0.39, 0.29) is 5.56 Å². The molecule has 0 heterocycles. The minimum absolute atomic E-state index is 0.273. The Bertz CT molecular complexity index is 936. The van der Waals surface area contributed by atoms with Crippen LogP contribution in [0, 0.1) is 0 Å². The van der Waals surface area contributed by atoms with Gasteiger partial charge in [-0.15, -0.1) is 0 Å². The van der Waals surface area contributed by atoms with E-state index in [1.54, 1.807) is 18.2 Å². The first kappa shape index (κ1) is 20.5. The Kier molecular flexibility index (Phi) is 7.28. The second-order valence-electron chi connectivity index (χ2n) is 7.15. The smallest absolute Gasteiger partial charge is 0.337 e. The van der Waals surface area contributed by atoms with Crippen molar-refractivity contribution in [2.45, 2.75) is 32.6 Å². The molecule has 0 amide bonds. The molecule has 4 nitrogen and oxygen atoms in total. The van der Waals surface area contributed by atoms with Crippen molar-refractivity contribution in [3.8, 4) is 0 Å². The number of carboxylic acids is 1. The Morgan fingerprint density at radius 2 is 1.62 bits per heavy atom. The summed E-state index contributed by atoms with van der Waals surface area (Å²) in [7, 11) is 0. The van der Waals surface area contributed by atoms with Crippen LogP contribution in [-0.4, -0.2) is 17.6 Å². The van der Waals surface area contributed by atoms with Gasteiger partial charge >= 0.3 is 5.97 Å². The minimum Gasteiger partial charge on any atom is -0.478 e. The number of carboxylic acid groups (broad SMARTS) is 1. The van der Waals surface area contributed by atoms with E-state index in [9.17, 15) is 9.90 Å². The van der Waals surface area contributed by atoms with Crippen LogP contribution in [0.15, 0.2) is 72.8 Å². The number of rotatable bonds is 10. The molecule has 3 aromatic rings. The van der Waals surface area contributed by atoms with Crippen LogP contribution < -0.4 is 10.6 Å². The topological polar surface area (TPSA) is 61.4 Å². The number of aryl methyl sites for hydroxylation is 2. The third kappa shape index (κ3) is 6.11. The highest BCUT2D eigenvalue weighted by atomic mass is 16.4. The van der Waals surface area contributed by atoms with Gasteiger partial charge in [0.2, 0.25) is 0 Å². The Morgan fingerprint density at radius 1 is 0.862 bits per heavy atom. The van der Waals surface area contributed by atoms with Crippen molar-refractivity contribution < 1.29 is 9.90 Å². The molecule has 0 bridgehead atoms. The number of hydrogen-bond donors (Lipinski definition) is 3. The second-order valence-corrected chi connectivity index (χ2v) is 7.15. The Balaban J connectivity index is 1.56. The van der Waals surface area contributed by atoms with Gasteiger partial charge in [0.1, 0.15) is 0 Å². The van der Waals surface area contributed by atoms with Crippen molar-refractivity contribution >= 4 is 23.0 Å². The molecular formula is C25H28N2O2. The molecule has 3 rings (SSSR count). The Labute approximate surface area is 172 Å². The van der Waals surface area contributed by atoms with E-state index in [1.807, 2.05) is 18.2 Å². The summed E-state index contributed by atoms with van der Waals surface area (Å²) in [5, 5.41) is 16.0. The monoisotopic (exact) mass is 388 g/mol. The standard InChI is InChI=1S/C25H28N2O2/c1-2-17-26-21-15-13-19(14-16-21)7-5-8-20-9-6-10-22(18-20)27-24-12-4-3-11-23(24)25(28)29/h3-4,6,9-16,18,26-27H,2,5,7-8,17H2,1H3,(H,28,29). The summed E-state index contributed by atoms with van der Waals surface area (Å²) in [4.78, 5) is 11.4. The molecule has 0 fully saturated rings. The largest absolute Gasteiger partial charge is 0.478 e. The zero-order valence-corrected chi connectivity index (χ0v) is 16.8. The van der Waals surface area contributed by atoms with Gasteiger partial charge in [-0.05, 0) is 73.2 Å². The predicted octanol–water partition coefficient (Wildman–Crippen LogP) is 6.13. The van der Waals surface area contributed by atoms with Crippen LogP contribution in [0.2, 0.25) is 0 Å². The fourth-order valence-corrected chi connectivity index (χ4v) is 3.29. The lowest BCUT2D eigenvalue weighted by Gasteiger charge is -2.11. The summed E-state index contributed by atoms with van der Waals surface area (Å²) in [5.41, 5.74) is 5.54. The number of para-hydroxylation sites is 1. The van der Waals surface area contributed by atoms with Crippen molar-refractivity contribution in [1.29, 1.82) is 0 Å². The molecule has 0 atom stereocenters. The number of aromatic carboxylic acids is 1. The van der Waals surface area contributed by atoms with Crippen LogP contribution >= 0.6 is 0 Å². The molecule has 0 aliphatic rings. The van der Waals surface area contributed by atoms with Gasteiger partial charge in [0, 0.05) is 17.9 Å². The molecule has 3 N–H and O–H groups in total. The fourth-order valence-electron chi connectivity index (χ4n) is 3.29. The van der Waals surface area contributed by atoms with E-state index in [2.05, 4.69) is 54.0 Å². The molecule has 4 heteroatoms. The van der Waals surface area contributed by atoms with Gasteiger partial charge in [0.15, 0.2) is 0 Å². The average molecular weight is 389 g/mol. The van der Waals surface area contributed by atoms with Crippen LogP contribution in [0.5, 0.6) is 0 Å². The molecule has 0 aliphatic heterocycles. The molecular weight excluding hydrogens is 360 g/mol. The molecule has 0 aliphatic carbocycles. The first-order chi connectivity index (χ1) is 14.2. The van der Waals surface area contributed by atoms with Crippen LogP contribution in [0.1, 0.15) is 41.3 Å². The molecule has 29 heavy (non-hydrogen) atoms. The van der Waals surface area contributed by atoms with E-state index in [0.717, 1.165) is 37.9 Å². The summed E-state index contributed by atoms with van der Waals surface area (Å²) in [6.45, 7) is 3.16. The first-order valence-corrected chi connectivity index (χ1v) is 10.2. The quantitative estimate of drug-likeness (QED) is 0.391. The van der Waals surface area contributed by atoms with Gasteiger partial charge in [-0.3, -0.25) is 0 Å². The lowest BCUT2D eigenvalue weighted by atomic mass is 10.0. The lowest BCUT2D eigenvalue weighted by molar-refractivity contribution is 0.0698. The third-order valence-electron chi connectivity index (χ3n) is 4.83. The normalized spacial score (nSPS) is 10.5. The van der Waals surface area contributed by atoms with E-state index in [4.69, 9.17) is 0 Å². The number of benzene rings is 3. The Hall–Kier alpha value is -3.27. The minimum atomic E-state index is -0.930. The average Bonchev–Trinajstić information content (AvgIpc) is 2.74. The fraction of sp³-hybridized carbons (Fsp3) is 0.240. The highest BCUT2D eigenvalue weighted by Crippen LogP contribution is 2.22. The summed E-state index contributed by atoms with van der Waals surface area (Å²) in [6.07, 6.45) is 4.20. The van der Waals surface area contributed by atoms with E-state index >= 15 is 0 Å². The SMILES string of the molecule is CCCNc1ccc(CCCc2cccc(Nc3ccccc3C(=O)O)c2)cc1. The van der Waals surface area contributed by atoms with Gasteiger partial charge in [0.05, 0.1) is 11.3 Å². The maximum absolute atomic E-state index is 11.4. The van der Waals surface area contributed by atoms with Crippen molar-refractivity contribution in [2.75, 3.05) is 17.2 Å². The summed E-state index contributed by atoms with van der Waals surface area (Å²) >= 11 is 0. The number of hydrogen-bond acceptors (Lipinski definition) is 3. The van der Waals surface area contributed by atoms with Gasteiger partial charge in [-0.1, -0.05) is 43.3 Å². The van der Waals surface area contributed by atoms with E-state index < -0.39 is 5.97 Å². The molecule has 0 unspecified atom stereocenters. The highest BCUT2D eigenvalue weighted by Gasteiger charge is 2.09. The molecule has 0 spiro atoms. The van der Waals surface area contributed by atoms with Crippen LogP contribution in [0.25, 0.3) is 0 Å². The molecule has 0 saturated heterocycles. The van der Waals surface area contributed by atoms with Crippen molar-refractivity contribution in [3.63, 3.8) is 0 Å². The number of anilines is 3. The molecule has 0 radical (unpaired) electrons. The third-order valence-corrected chi connectivity index (χ3v) is 4.83. The van der Waals surface area contributed by atoms with E-state index in [1.165, 1.54) is 16.8 Å². The van der Waals surface area contributed by atoms with Crippen molar-refractivity contribution in [1.82, 2.24) is 0 Å². The molecule has 0 aromatic heterocycles. The second kappa shape index (κ2) is 10.3. The highest BCUT2D eigenvalue weighted by molar-refractivity contribution is 5.95. The zero-order valence-electron chi connectivity index (χ0n) is 16.8. The van der Waals surface area contributed by atoms with Crippen LogP contribution in [0.3, 0.4) is 0 Å². The molecule has 3 aromatic carbocycles. The molecule has 150 valence electrons. The predicted molar refractivity (Wildman–Crippen MR) is 120 cm³/mol. The summed E-state index contributed by atoms with van der Waals surface area (Å²) in [6, 6.07) is 23.8. The first-order valence-electron chi connectivity index (χ1n) is 10.2. The number of nitrogens with one attached hydrogen (secondary N) is 2. The van der Waals surface area contributed by atoms with Crippen LogP contribution in [-0.2, 0) is 12.8 Å². The Morgan fingerprint density at radius 3 is 2.38 bits per heavy atom. The molecule has 0 saturated carbocycles. The number of carbonyl (C=O) groups is 1. The van der Waals surface area contributed by atoms with Gasteiger partial charge in [-0.25, -0.2) is 4.79 Å².